The van der Waals surface area contributed by atoms with Gasteiger partial charge in [-0.15, -0.1) is 0 Å². The highest BCUT2D eigenvalue weighted by atomic mass is 16.8. The third-order valence-electron chi connectivity index (χ3n) is 11.2. The lowest BCUT2D eigenvalue weighted by Gasteiger charge is -2.51. The maximum atomic E-state index is 13.6. The van der Waals surface area contributed by atoms with Crippen molar-refractivity contribution in [1.29, 1.82) is 0 Å². The molecule has 63 heavy (non-hydrogen) atoms. The molecule has 4 heterocycles. The van der Waals surface area contributed by atoms with Gasteiger partial charge in [0.25, 0.3) is 5.79 Å². The Morgan fingerprint density at radius 1 is 1.00 bits per heavy atom. The second-order valence-corrected chi connectivity index (χ2v) is 15.5. The van der Waals surface area contributed by atoms with Gasteiger partial charge in [-0.1, -0.05) is 29.3 Å². The molecule has 0 unspecified atom stereocenters. The molecule has 0 saturated carbocycles. The van der Waals surface area contributed by atoms with Gasteiger partial charge in [0, 0.05) is 35.9 Å². The van der Waals surface area contributed by atoms with Crippen LogP contribution >= 0.6 is 0 Å². The summed E-state index contributed by atoms with van der Waals surface area (Å²) in [7, 11) is 1.33. The van der Waals surface area contributed by atoms with Crippen LogP contribution in [-0.2, 0) is 19.1 Å². The van der Waals surface area contributed by atoms with Gasteiger partial charge in [0.2, 0.25) is 11.9 Å². The Morgan fingerprint density at radius 3 is 2.35 bits per heavy atom. The number of rotatable bonds is 16. The topological polar surface area (TPSA) is 296 Å². The number of phenolic OH excluding ortho intramolecular Hbond substituents is 1. The molecule has 10 N–H and O–H groups in total. The number of H-pyrrole nitrogens is 1. The fourth-order valence-corrected chi connectivity index (χ4v) is 7.97. The van der Waals surface area contributed by atoms with Crippen molar-refractivity contribution < 1.29 is 73.9 Å². The minimum Gasteiger partial charge on any atom is -0.508 e. The van der Waals surface area contributed by atoms with E-state index >= 15 is 0 Å². The number of aliphatic carboxylic acids is 1. The largest absolute Gasteiger partial charge is 0.508 e. The summed E-state index contributed by atoms with van der Waals surface area (Å²) in [5.41, 5.74) is 1.11. The summed E-state index contributed by atoms with van der Waals surface area (Å²) in [6.45, 7) is 0.565. The number of carboxylic acid groups (broad SMARTS) is 1. The maximum absolute atomic E-state index is 13.6. The number of ether oxygens (including phenoxy) is 3. The molecule has 8 atom stereocenters. The molecule has 0 amide bonds. The van der Waals surface area contributed by atoms with Gasteiger partial charge in [0.1, 0.15) is 47.9 Å². The van der Waals surface area contributed by atoms with Crippen LogP contribution in [0.2, 0.25) is 0 Å². The number of aliphatic hydroxyl groups excluding tert-OH is 5. The predicted molar refractivity (Wildman–Crippen MR) is 222 cm³/mol. The summed E-state index contributed by atoms with van der Waals surface area (Å²) in [5, 5.41) is 90.0. The van der Waals surface area contributed by atoms with E-state index in [9.17, 15) is 55.2 Å². The molecule has 1 aliphatic heterocycles. The molecule has 0 aliphatic carbocycles. The summed E-state index contributed by atoms with van der Waals surface area (Å²) < 4.78 is 24.6. The third-order valence-corrected chi connectivity index (χ3v) is 11.2. The molecular weight excluding hydrogens is 826 g/mol. The average Bonchev–Trinajstić information content (AvgIpc) is 3.84. The fraction of sp³-hybridized carbons (Fsp3) is 0.341. The molecule has 19 nitrogen and oxygen atoms in total. The Hall–Kier alpha value is -6.29. The summed E-state index contributed by atoms with van der Waals surface area (Å²) in [5.74, 6) is -8.81. The van der Waals surface area contributed by atoms with E-state index in [0.29, 0.717) is 27.7 Å². The van der Waals surface area contributed by atoms with Crippen LogP contribution in [0.25, 0.3) is 44.3 Å². The zero-order chi connectivity index (χ0) is 45.4. The molecule has 6 aromatic rings. The van der Waals surface area contributed by atoms with Gasteiger partial charge in [-0.05, 0) is 75.3 Å². The lowest BCUT2D eigenvalue weighted by Crippen LogP contribution is -2.76. The molecular formula is C44H47N3O16. The van der Waals surface area contributed by atoms with Crippen molar-refractivity contribution in [3.05, 3.63) is 107 Å². The molecule has 0 spiro atoms. The predicted octanol–water partition coefficient (Wildman–Crippen LogP) is 1.31. The number of phenols is 1. The van der Waals surface area contributed by atoms with E-state index in [2.05, 4.69) is 10.3 Å². The van der Waals surface area contributed by atoms with Gasteiger partial charge in [-0.2, -0.15) is 4.73 Å². The van der Waals surface area contributed by atoms with Crippen LogP contribution in [0.5, 0.6) is 11.5 Å². The van der Waals surface area contributed by atoms with E-state index in [4.69, 9.17) is 23.5 Å². The van der Waals surface area contributed by atoms with Crippen LogP contribution in [-0.4, -0.2) is 131 Å². The number of benzene rings is 3. The van der Waals surface area contributed by atoms with Crippen LogP contribution in [0, 0.1) is 19.8 Å². The first-order valence-electron chi connectivity index (χ1n) is 19.8. The third kappa shape index (κ3) is 8.35. The quantitative estimate of drug-likeness (QED) is 0.0373. The van der Waals surface area contributed by atoms with Gasteiger partial charge >= 0.3 is 11.9 Å². The first-order valence-corrected chi connectivity index (χ1v) is 19.8. The maximum Gasteiger partial charge on any atom is 0.324 e. The second-order valence-electron chi connectivity index (χ2n) is 15.5. The number of aromatic hydroxyl groups is 1. The number of nitrogens with zero attached hydrogens (tertiary/aromatic N) is 1. The number of aryl methyl sites for hydroxylation is 2. The minimum absolute atomic E-state index is 0.00256. The van der Waals surface area contributed by atoms with E-state index in [0.717, 1.165) is 11.1 Å². The Kier molecular flexibility index (Phi) is 12.7. The number of carbonyl (C=O) groups is 2. The van der Waals surface area contributed by atoms with Crippen molar-refractivity contribution in [2.45, 2.75) is 62.3 Å². The van der Waals surface area contributed by atoms with Crippen LogP contribution < -0.4 is 20.3 Å². The SMILES string of the molecule is CN[C@H](CCO)[C@@H](C(=O)O)C(=O)O[C@](O)(CO)[C@@H]1O[C@H](Oc2ccc3c(=O)c(-c4ccc(O)cc4)coc3c2)[C@@](CO)(On2cc3cc[nH]c3c2-c2cc(C)cc(C)c2)[C@H](O)[C@H]1O. The lowest BCUT2D eigenvalue weighted by molar-refractivity contribution is -0.384. The number of hydrogen-bond acceptors (Lipinski definition) is 16. The number of fused-ring (bicyclic) bond motifs is 2. The van der Waals surface area contributed by atoms with E-state index in [1.54, 1.807) is 12.3 Å². The molecule has 7 rings (SSSR count). The first kappa shape index (κ1) is 44.8. The minimum atomic E-state index is -3.29. The average molecular weight is 874 g/mol. The molecule has 3 aromatic carbocycles. The molecule has 0 bridgehead atoms. The number of carbonyl (C=O) groups excluding carboxylic acids is 1. The smallest absolute Gasteiger partial charge is 0.324 e. The Bertz CT molecular complexity index is 2660. The van der Waals surface area contributed by atoms with E-state index in [1.807, 2.05) is 32.0 Å². The van der Waals surface area contributed by atoms with Crippen LogP contribution in [0.15, 0.2) is 94.6 Å². The van der Waals surface area contributed by atoms with Crippen molar-refractivity contribution in [3.8, 4) is 33.9 Å². The highest BCUT2D eigenvalue weighted by Gasteiger charge is 2.65. The van der Waals surface area contributed by atoms with Crippen molar-refractivity contribution in [2.24, 2.45) is 5.92 Å². The van der Waals surface area contributed by atoms with E-state index in [1.165, 1.54) is 66.7 Å². The number of carboxylic acids is 1. The van der Waals surface area contributed by atoms with E-state index < -0.39 is 85.1 Å². The van der Waals surface area contributed by atoms with E-state index in [-0.39, 0.29) is 34.5 Å². The van der Waals surface area contributed by atoms with Crippen molar-refractivity contribution in [1.82, 2.24) is 15.0 Å². The summed E-state index contributed by atoms with van der Waals surface area (Å²) in [4.78, 5) is 49.0. The Labute approximate surface area is 357 Å². The lowest BCUT2D eigenvalue weighted by atomic mass is 9.84. The number of aromatic amines is 1. The summed E-state index contributed by atoms with van der Waals surface area (Å²) >= 11 is 0. The zero-order valence-corrected chi connectivity index (χ0v) is 34.2. The molecule has 0 radical (unpaired) electrons. The molecule has 1 fully saturated rings. The normalized spacial score (nSPS) is 22.0. The van der Waals surface area contributed by atoms with Gasteiger partial charge in [0.05, 0.1) is 29.3 Å². The van der Waals surface area contributed by atoms with Crippen LogP contribution in [0.4, 0.5) is 0 Å². The number of aromatic nitrogens is 2. The molecule has 3 aromatic heterocycles. The van der Waals surface area contributed by atoms with Gasteiger partial charge < -0.3 is 74.6 Å². The standard InChI is InChI=1S/C44H47N3O16/c1-22-14-23(2)16-26(15-22)35-34-25(10-12-46-34)18-47(35)63-43(20-49)38(54)37(53)39(44(58,21-50)62-41(57)33(40(55)56)31(45-3)11-13-48)61-42(43)60-28-8-9-29-32(17-28)59-19-30(36(29)52)24-4-6-27(51)7-5-24/h4-10,12,14-19,31,33,37-39,42,45-46,48-51,53-54,58H,11,13,20-21H2,1-3H3,(H,55,56)/t31-,33+,37-,38-,39-,42+,43+,44-/m1/s1. The number of esters is 1. The second kappa shape index (κ2) is 17.8. The zero-order valence-electron chi connectivity index (χ0n) is 34.2. The highest BCUT2D eigenvalue weighted by molar-refractivity contribution is 5.95. The number of nitrogens with one attached hydrogen (secondary N) is 2. The first-order chi connectivity index (χ1) is 30.1. The van der Waals surface area contributed by atoms with Crippen molar-refractivity contribution >= 4 is 33.8 Å². The summed E-state index contributed by atoms with van der Waals surface area (Å²) in [6.07, 6.45) is -4.94. The molecule has 1 aliphatic rings. The summed E-state index contributed by atoms with van der Waals surface area (Å²) in [6, 6.07) is 16.1. The molecule has 19 heteroatoms. The monoisotopic (exact) mass is 873 g/mol. The number of aliphatic hydroxyl groups is 6. The van der Waals surface area contributed by atoms with Gasteiger partial charge in [-0.25, -0.2) is 0 Å². The van der Waals surface area contributed by atoms with Crippen LogP contribution in [0.3, 0.4) is 0 Å². The van der Waals surface area contributed by atoms with Crippen LogP contribution in [0.1, 0.15) is 17.5 Å². The number of hydrogen-bond donors (Lipinski definition) is 10. The molecule has 334 valence electrons. The molecule has 1 saturated heterocycles. The Balaban J connectivity index is 1.32. The van der Waals surface area contributed by atoms with Gasteiger partial charge in [-0.3, -0.25) is 14.4 Å². The fourth-order valence-electron chi connectivity index (χ4n) is 7.97. The van der Waals surface area contributed by atoms with Crippen molar-refractivity contribution in [2.75, 3.05) is 26.9 Å². The van der Waals surface area contributed by atoms with Crippen molar-refractivity contribution in [3.63, 3.8) is 0 Å². The Morgan fingerprint density at radius 2 is 1.71 bits per heavy atom. The highest BCUT2D eigenvalue weighted by Crippen LogP contribution is 2.40. The van der Waals surface area contributed by atoms with Gasteiger partial charge in [0.15, 0.2) is 17.5 Å².